The molecule has 1 aromatic rings. The summed E-state index contributed by atoms with van der Waals surface area (Å²) in [4.78, 5) is 11.4. The van der Waals surface area contributed by atoms with Crippen LogP contribution >= 0.6 is 0 Å². The zero-order chi connectivity index (χ0) is 10.6. The molecule has 0 aromatic heterocycles. The van der Waals surface area contributed by atoms with Gasteiger partial charge in [-0.1, -0.05) is 6.92 Å². The number of aryl methyl sites for hydroxylation is 1. The second-order valence-corrected chi connectivity index (χ2v) is 3.27. The lowest BCUT2D eigenvalue weighted by atomic mass is 10.1. The van der Waals surface area contributed by atoms with E-state index in [-0.39, 0.29) is 11.7 Å². The molecule has 0 spiro atoms. The number of halogens is 1. The molecule has 2 nitrogen and oxygen atoms in total. The smallest absolute Gasteiger partial charge is 0.251 e. The lowest BCUT2D eigenvalue weighted by Gasteiger charge is -2.04. The average molecular weight is 195 g/mol. The summed E-state index contributed by atoms with van der Waals surface area (Å²) < 4.78 is 12.9. The summed E-state index contributed by atoms with van der Waals surface area (Å²) in [6.45, 7) is 4.35. The maximum atomic E-state index is 12.9. The van der Waals surface area contributed by atoms with Crippen LogP contribution in [0.15, 0.2) is 18.2 Å². The summed E-state index contributed by atoms with van der Waals surface area (Å²) in [5.41, 5.74) is 1.14. The first-order chi connectivity index (χ1) is 6.63. The molecule has 0 heterocycles. The quantitative estimate of drug-likeness (QED) is 0.787. The normalized spacial score (nSPS) is 9.93. The molecule has 1 aromatic carbocycles. The number of carbonyl (C=O) groups is 1. The molecular weight excluding hydrogens is 181 g/mol. The van der Waals surface area contributed by atoms with Crippen LogP contribution in [-0.4, -0.2) is 12.5 Å². The third-order valence-corrected chi connectivity index (χ3v) is 1.84. The lowest BCUT2D eigenvalue weighted by Crippen LogP contribution is -2.24. The summed E-state index contributed by atoms with van der Waals surface area (Å²) in [7, 11) is 0. The van der Waals surface area contributed by atoms with Gasteiger partial charge < -0.3 is 5.32 Å². The Morgan fingerprint density at radius 2 is 2.14 bits per heavy atom. The molecule has 14 heavy (non-hydrogen) atoms. The van der Waals surface area contributed by atoms with E-state index >= 15 is 0 Å². The molecule has 0 aliphatic heterocycles. The van der Waals surface area contributed by atoms with Gasteiger partial charge in [0.2, 0.25) is 0 Å². The van der Waals surface area contributed by atoms with Gasteiger partial charge in [-0.05, 0) is 37.1 Å². The maximum Gasteiger partial charge on any atom is 0.251 e. The number of hydrogen-bond acceptors (Lipinski definition) is 1. The third-order valence-electron chi connectivity index (χ3n) is 1.84. The molecule has 0 unspecified atom stereocenters. The van der Waals surface area contributed by atoms with E-state index in [1.807, 2.05) is 6.92 Å². The molecule has 3 heteroatoms. The SMILES string of the molecule is CCCNC(=O)c1cc(C)cc(F)c1. The predicted octanol–water partition coefficient (Wildman–Crippen LogP) is 2.27. The minimum atomic E-state index is -0.369. The topological polar surface area (TPSA) is 29.1 Å². The largest absolute Gasteiger partial charge is 0.352 e. The van der Waals surface area contributed by atoms with Crippen LogP contribution in [0.2, 0.25) is 0 Å². The Morgan fingerprint density at radius 1 is 1.43 bits per heavy atom. The van der Waals surface area contributed by atoms with Gasteiger partial charge in [0.25, 0.3) is 5.91 Å². The van der Waals surface area contributed by atoms with E-state index in [9.17, 15) is 9.18 Å². The van der Waals surface area contributed by atoms with Crippen LogP contribution in [0, 0.1) is 12.7 Å². The number of nitrogens with one attached hydrogen (secondary N) is 1. The van der Waals surface area contributed by atoms with Crippen molar-refractivity contribution < 1.29 is 9.18 Å². The van der Waals surface area contributed by atoms with Crippen LogP contribution in [0.1, 0.15) is 29.3 Å². The molecule has 0 bridgehead atoms. The zero-order valence-corrected chi connectivity index (χ0v) is 8.43. The second kappa shape index (κ2) is 4.74. The summed E-state index contributed by atoms with van der Waals surface area (Å²) in [5, 5.41) is 2.70. The van der Waals surface area contributed by atoms with Crippen molar-refractivity contribution in [2.75, 3.05) is 6.54 Å². The molecule has 0 saturated carbocycles. The van der Waals surface area contributed by atoms with E-state index in [1.165, 1.54) is 12.1 Å². The van der Waals surface area contributed by atoms with Crippen molar-refractivity contribution in [3.63, 3.8) is 0 Å². The Balaban J connectivity index is 2.79. The molecule has 0 saturated heterocycles. The fraction of sp³-hybridized carbons (Fsp3) is 0.364. The molecule has 0 aliphatic carbocycles. The molecule has 1 N–H and O–H groups in total. The molecule has 0 atom stereocenters. The molecule has 1 amide bonds. The van der Waals surface area contributed by atoms with Crippen molar-refractivity contribution in [3.8, 4) is 0 Å². The summed E-state index contributed by atoms with van der Waals surface area (Å²) >= 11 is 0. The molecule has 0 radical (unpaired) electrons. The Morgan fingerprint density at radius 3 is 2.71 bits per heavy atom. The van der Waals surface area contributed by atoms with Gasteiger partial charge in [-0.25, -0.2) is 4.39 Å². The maximum absolute atomic E-state index is 12.9. The predicted molar refractivity (Wildman–Crippen MR) is 53.8 cm³/mol. The number of benzene rings is 1. The first-order valence-electron chi connectivity index (χ1n) is 4.69. The number of carbonyl (C=O) groups excluding carboxylic acids is 1. The van der Waals surface area contributed by atoms with E-state index in [2.05, 4.69) is 5.32 Å². The highest BCUT2D eigenvalue weighted by atomic mass is 19.1. The van der Waals surface area contributed by atoms with Gasteiger partial charge in [-0.15, -0.1) is 0 Å². The van der Waals surface area contributed by atoms with Crippen LogP contribution in [-0.2, 0) is 0 Å². The van der Waals surface area contributed by atoms with Gasteiger partial charge in [-0.2, -0.15) is 0 Å². The Labute approximate surface area is 83.1 Å². The number of rotatable bonds is 3. The van der Waals surface area contributed by atoms with Gasteiger partial charge >= 0.3 is 0 Å². The standard InChI is InChI=1S/C11H14FNO/c1-3-4-13-11(14)9-5-8(2)6-10(12)7-9/h5-7H,3-4H2,1-2H3,(H,13,14). The second-order valence-electron chi connectivity index (χ2n) is 3.27. The van der Waals surface area contributed by atoms with Crippen molar-refractivity contribution in [3.05, 3.63) is 35.1 Å². The van der Waals surface area contributed by atoms with E-state index in [0.29, 0.717) is 12.1 Å². The average Bonchev–Trinajstić information content (AvgIpc) is 2.12. The Kier molecular flexibility index (Phi) is 3.63. The molecule has 0 aliphatic rings. The summed E-state index contributed by atoms with van der Waals surface area (Å²) in [6, 6.07) is 4.32. The van der Waals surface area contributed by atoms with Gasteiger partial charge in [0.05, 0.1) is 0 Å². The van der Waals surface area contributed by atoms with E-state index < -0.39 is 0 Å². The van der Waals surface area contributed by atoms with Crippen molar-refractivity contribution in [2.24, 2.45) is 0 Å². The van der Waals surface area contributed by atoms with Crippen LogP contribution in [0.3, 0.4) is 0 Å². The molecule has 0 fully saturated rings. The fourth-order valence-corrected chi connectivity index (χ4v) is 1.21. The minimum Gasteiger partial charge on any atom is -0.352 e. The van der Waals surface area contributed by atoms with E-state index in [0.717, 1.165) is 12.0 Å². The first kappa shape index (κ1) is 10.7. The number of hydrogen-bond donors (Lipinski definition) is 1. The van der Waals surface area contributed by atoms with Crippen LogP contribution < -0.4 is 5.32 Å². The summed E-state index contributed by atoms with van der Waals surface area (Å²) in [5.74, 6) is -0.582. The minimum absolute atomic E-state index is 0.213. The van der Waals surface area contributed by atoms with Crippen molar-refractivity contribution >= 4 is 5.91 Å². The monoisotopic (exact) mass is 195 g/mol. The van der Waals surface area contributed by atoms with Gasteiger partial charge in [0.1, 0.15) is 5.82 Å². The third kappa shape index (κ3) is 2.83. The van der Waals surface area contributed by atoms with Gasteiger partial charge in [0.15, 0.2) is 0 Å². The van der Waals surface area contributed by atoms with E-state index in [4.69, 9.17) is 0 Å². The zero-order valence-electron chi connectivity index (χ0n) is 8.43. The highest BCUT2D eigenvalue weighted by Gasteiger charge is 2.06. The van der Waals surface area contributed by atoms with Crippen LogP contribution in [0.5, 0.6) is 0 Å². The van der Waals surface area contributed by atoms with Crippen molar-refractivity contribution in [1.29, 1.82) is 0 Å². The van der Waals surface area contributed by atoms with Crippen molar-refractivity contribution in [1.82, 2.24) is 5.32 Å². The summed E-state index contributed by atoms with van der Waals surface area (Å²) in [6.07, 6.45) is 0.875. The van der Waals surface area contributed by atoms with Gasteiger partial charge in [-0.3, -0.25) is 4.79 Å². The highest BCUT2D eigenvalue weighted by Crippen LogP contribution is 2.07. The lowest BCUT2D eigenvalue weighted by molar-refractivity contribution is 0.0953. The molecule has 76 valence electrons. The Hall–Kier alpha value is -1.38. The first-order valence-corrected chi connectivity index (χ1v) is 4.69. The highest BCUT2D eigenvalue weighted by molar-refractivity contribution is 5.94. The van der Waals surface area contributed by atoms with E-state index in [1.54, 1.807) is 13.0 Å². The van der Waals surface area contributed by atoms with Gasteiger partial charge in [0, 0.05) is 12.1 Å². The molecular formula is C11H14FNO. The number of amides is 1. The van der Waals surface area contributed by atoms with Crippen molar-refractivity contribution in [2.45, 2.75) is 20.3 Å². The van der Waals surface area contributed by atoms with Crippen LogP contribution in [0.4, 0.5) is 4.39 Å². The van der Waals surface area contributed by atoms with Crippen LogP contribution in [0.25, 0.3) is 0 Å². The molecule has 1 rings (SSSR count). The Bertz CT molecular complexity index is 316. The fourth-order valence-electron chi connectivity index (χ4n) is 1.21.